The minimum absolute atomic E-state index is 0.0113. The number of carboxylic acid groups (broad SMARTS) is 1. The van der Waals surface area contributed by atoms with Crippen LogP contribution in [0.5, 0.6) is 11.5 Å². The third-order valence-electron chi connectivity index (χ3n) is 12.4. The summed E-state index contributed by atoms with van der Waals surface area (Å²) in [6.07, 6.45) is -2.19. The van der Waals surface area contributed by atoms with E-state index in [-0.39, 0.29) is 35.9 Å². The summed E-state index contributed by atoms with van der Waals surface area (Å²) < 4.78 is 23.6. The monoisotopic (exact) mass is 899 g/mol. The Labute approximate surface area is 383 Å². The van der Waals surface area contributed by atoms with Crippen molar-refractivity contribution in [1.82, 2.24) is 4.90 Å². The number of nitrogens with zero attached hydrogens (tertiary/aromatic N) is 3. The van der Waals surface area contributed by atoms with E-state index >= 15 is 4.79 Å². The van der Waals surface area contributed by atoms with Gasteiger partial charge in [-0.25, -0.2) is 9.69 Å². The molecule has 1 spiro atoms. The van der Waals surface area contributed by atoms with Crippen molar-refractivity contribution in [2.24, 2.45) is 5.92 Å². The molecule has 6 aromatic rings. The number of esters is 1. The van der Waals surface area contributed by atoms with Crippen LogP contribution in [0.2, 0.25) is 0 Å². The zero-order valence-electron chi connectivity index (χ0n) is 35.8. The molecule has 0 aromatic heterocycles. The van der Waals surface area contributed by atoms with Gasteiger partial charge in [-0.05, 0) is 82.9 Å². The number of non-ortho nitro benzene ring substituents is 1. The van der Waals surface area contributed by atoms with Gasteiger partial charge in [-0.1, -0.05) is 90.7 Å². The van der Waals surface area contributed by atoms with Crippen molar-refractivity contribution in [2.45, 2.75) is 36.3 Å². The second kappa shape index (κ2) is 18.3. The highest BCUT2D eigenvalue weighted by molar-refractivity contribution is 6.23. The van der Waals surface area contributed by atoms with Crippen molar-refractivity contribution >= 4 is 35.3 Å². The van der Waals surface area contributed by atoms with Crippen molar-refractivity contribution in [2.75, 3.05) is 25.2 Å². The molecule has 0 bridgehead atoms. The molecule has 3 aliphatic heterocycles. The van der Waals surface area contributed by atoms with E-state index in [1.54, 1.807) is 96.9 Å². The number of anilines is 1. The average Bonchev–Trinajstić information content (AvgIpc) is 3.81. The van der Waals surface area contributed by atoms with E-state index in [1.165, 1.54) is 30.3 Å². The van der Waals surface area contributed by atoms with Crippen LogP contribution in [0.1, 0.15) is 57.1 Å². The summed E-state index contributed by atoms with van der Waals surface area (Å²) in [5.74, 6) is 1.71. The Morgan fingerprint density at radius 2 is 1.45 bits per heavy atom. The lowest BCUT2D eigenvalue weighted by atomic mass is 9.65. The first-order valence-corrected chi connectivity index (χ1v) is 21.2. The van der Waals surface area contributed by atoms with E-state index in [4.69, 9.17) is 18.9 Å². The summed E-state index contributed by atoms with van der Waals surface area (Å²) in [4.78, 5) is 73.4. The van der Waals surface area contributed by atoms with E-state index < -0.39 is 71.0 Å². The normalized spacial score (nSPS) is 21.6. The number of benzene rings is 6. The fourth-order valence-corrected chi connectivity index (χ4v) is 9.65. The molecule has 0 aliphatic carbocycles. The molecule has 9 rings (SSSR count). The van der Waals surface area contributed by atoms with Gasteiger partial charge < -0.3 is 29.2 Å². The number of aliphatic hydroxyl groups is 1. The molecule has 3 heterocycles. The molecule has 2 amide bonds. The van der Waals surface area contributed by atoms with Gasteiger partial charge in [0.05, 0.1) is 36.4 Å². The van der Waals surface area contributed by atoms with Gasteiger partial charge in [-0.3, -0.25) is 29.4 Å². The fraction of sp³-hybridized carbons (Fsp3) is 0.192. The fourth-order valence-electron chi connectivity index (χ4n) is 9.65. The molecule has 0 saturated carbocycles. The second-order valence-electron chi connectivity index (χ2n) is 16.0. The number of carbonyl (C=O) groups excluding carboxylic acids is 3. The number of ether oxygens (including phenoxy) is 4. The van der Waals surface area contributed by atoms with E-state index in [0.29, 0.717) is 39.1 Å². The quantitative estimate of drug-likeness (QED) is 0.0564. The number of hydrogen-bond donors (Lipinski definition) is 2. The molecule has 336 valence electrons. The molecular formula is C52H41N3O12. The molecular weight excluding hydrogens is 859 g/mol. The Morgan fingerprint density at radius 1 is 0.806 bits per heavy atom. The number of hydrogen-bond acceptors (Lipinski definition) is 12. The standard InChI is InChI=1S/C52H41N3O12/c1-64-38-25-20-32(21-26-38)16-17-33-22-27-41-40(30-33)52(50(60)53(41)51(61)66-31-34-18-23-37(24-19-34)55(62)63)43(48(57)58)45-49(59)67-46(36-12-6-3-7-13-36)44(35-10-4-2-5-11-35)54(45)47(52)39-14-8-9-15-42(39)65-29-28-56/h2-15,18-27,30,43-47,56H,28-29,31H2,1H3,(H,57,58)/t43-,44-,45-,46+,47+,52-/m1/s1. The number of rotatable bonds is 11. The van der Waals surface area contributed by atoms with E-state index in [0.717, 1.165) is 4.90 Å². The summed E-state index contributed by atoms with van der Waals surface area (Å²) in [7, 11) is 1.55. The number of carboxylic acids is 1. The highest BCUT2D eigenvalue weighted by Gasteiger charge is 2.76. The highest BCUT2D eigenvalue weighted by Crippen LogP contribution is 2.66. The van der Waals surface area contributed by atoms with Gasteiger partial charge in [0.1, 0.15) is 48.2 Å². The lowest BCUT2D eigenvalue weighted by molar-refractivity contribution is -0.384. The van der Waals surface area contributed by atoms with Crippen LogP contribution in [0.4, 0.5) is 16.2 Å². The Balaban J connectivity index is 1.30. The smallest absolute Gasteiger partial charge is 0.421 e. The zero-order chi connectivity index (χ0) is 46.8. The number of carbonyl (C=O) groups is 4. The van der Waals surface area contributed by atoms with Crippen LogP contribution in [-0.2, 0) is 35.9 Å². The van der Waals surface area contributed by atoms with Gasteiger partial charge in [0.15, 0.2) is 0 Å². The van der Waals surface area contributed by atoms with Gasteiger partial charge in [0, 0.05) is 28.8 Å². The van der Waals surface area contributed by atoms with Crippen LogP contribution in [0.15, 0.2) is 152 Å². The predicted octanol–water partition coefficient (Wildman–Crippen LogP) is 7.46. The number of nitro groups is 1. The third kappa shape index (κ3) is 7.77. The highest BCUT2D eigenvalue weighted by atomic mass is 16.6. The Hall–Kier alpha value is -8.32. The molecule has 6 atom stereocenters. The Bertz CT molecular complexity index is 2940. The van der Waals surface area contributed by atoms with Crippen molar-refractivity contribution < 1.29 is 53.3 Å². The second-order valence-corrected chi connectivity index (χ2v) is 16.0. The van der Waals surface area contributed by atoms with Crippen molar-refractivity contribution in [3.8, 4) is 23.3 Å². The molecule has 2 saturated heterocycles. The summed E-state index contributed by atoms with van der Waals surface area (Å²) in [5.41, 5.74) is 0.452. The lowest BCUT2D eigenvalue weighted by Gasteiger charge is -2.46. The molecule has 0 unspecified atom stereocenters. The average molecular weight is 900 g/mol. The van der Waals surface area contributed by atoms with E-state index in [2.05, 4.69) is 11.8 Å². The van der Waals surface area contributed by atoms with Crippen molar-refractivity contribution in [3.05, 3.63) is 201 Å². The van der Waals surface area contributed by atoms with Gasteiger partial charge in [-0.2, -0.15) is 0 Å². The number of fused-ring (bicyclic) bond motifs is 3. The first-order chi connectivity index (χ1) is 32.6. The maximum Gasteiger partial charge on any atom is 0.421 e. The largest absolute Gasteiger partial charge is 0.497 e. The maximum absolute atomic E-state index is 16.2. The van der Waals surface area contributed by atoms with Crippen LogP contribution in [0.25, 0.3) is 0 Å². The lowest BCUT2D eigenvalue weighted by Crippen LogP contribution is -2.53. The summed E-state index contributed by atoms with van der Waals surface area (Å²) in [5, 5.41) is 33.0. The maximum atomic E-state index is 16.2. The molecule has 6 aromatic carbocycles. The van der Waals surface area contributed by atoms with Crippen LogP contribution >= 0.6 is 0 Å². The molecule has 0 radical (unpaired) electrons. The number of aliphatic hydroxyl groups excluding tert-OH is 1. The number of aliphatic carboxylic acids is 1. The number of methoxy groups -OCH3 is 1. The minimum atomic E-state index is -2.31. The number of cyclic esters (lactones) is 1. The van der Waals surface area contributed by atoms with Gasteiger partial charge in [0.25, 0.3) is 5.69 Å². The van der Waals surface area contributed by atoms with Crippen LogP contribution in [0.3, 0.4) is 0 Å². The van der Waals surface area contributed by atoms with Gasteiger partial charge in [-0.15, -0.1) is 0 Å². The van der Waals surface area contributed by atoms with E-state index in [9.17, 15) is 34.7 Å². The minimum Gasteiger partial charge on any atom is -0.497 e. The number of morpholine rings is 1. The van der Waals surface area contributed by atoms with E-state index in [1.807, 2.05) is 36.4 Å². The first-order valence-electron chi connectivity index (χ1n) is 21.2. The van der Waals surface area contributed by atoms with Crippen LogP contribution in [-0.4, -0.2) is 70.3 Å². The number of nitro benzene ring substituents is 1. The third-order valence-corrected chi connectivity index (χ3v) is 12.4. The Morgan fingerprint density at radius 3 is 2.10 bits per heavy atom. The van der Waals surface area contributed by atoms with Crippen LogP contribution < -0.4 is 14.4 Å². The summed E-state index contributed by atoms with van der Waals surface area (Å²) >= 11 is 0. The number of para-hydroxylation sites is 1. The Kier molecular flexibility index (Phi) is 12.0. The zero-order valence-corrected chi connectivity index (χ0v) is 35.8. The van der Waals surface area contributed by atoms with Gasteiger partial charge in [0.2, 0.25) is 5.91 Å². The predicted molar refractivity (Wildman–Crippen MR) is 241 cm³/mol. The van der Waals surface area contributed by atoms with Crippen molar-refractivity contribution in [1.29, 1.82) is 0 Å². The number of amides is 2. The van der Waals surface area contributed by atoms with Crippen molar-refractivity contribution in [3.63, 3.8) is 0 Å². The summed E-state index contributed by atoms with van der Waals surface area (Å²) in [6.45, 7) is -0.959. The SMILES string of the molecule is COc1ccc(C#Cc2ccc3c(c2)[C@]2(C(=O)N3C(=O)OCc3ccc([N+](=O)[O-])cc3)[C@H](c3ccccc3OCCO)N3[C@H](c4ccccc4)[C@H](c4ccccc4)OC(=O)[C@H]3[C@@H]2C(=O)O)cc1. The van der Waals surface area contributed by atoms with Crippen LogP contribution in [0, 0.1) is 27.9 Å². The molecule has 15 nitrogen and oxygen atoms in total. The molecule has 15 heteroatoms. The number of imide groups is 1. The molecule has 2 N–H and O–H groups in total. The van der Waals surface area contributed by atoms with Gasteiger partial charge >= 0.3 is 18.0 Å². The summed E-state index contributed by atoms with van der Waals surface area (Å²) in [6, 6.07) is 37.9. The topological polar surface area (TPSA) is 195 Å². The molecule has 2 fully saturated rings. The first kappa shape index (κ1) is 43.9. The molecule has 3 aliphatic rings. The molecule has 67 heavy (non-hydrogen) atoms.